The van der Waals surface area contributed by atoms with Crippen LogP contribution in [0.25, 0.3) is 0 Å². The van der Waals surface area contributed by atoms with Crippen LogP contribution in [0.1, 0.15) is 45.9 Å². The first kappa shape index (κ1) is 23.5. The molecule has 2 aromatic carbocycles. The predicted octanol–water partition coefficient (Wildman–Crippen LogP) is 5.10. The average molecular weight is 480 g/mol. The third-order valence-electron chi connectivity index (χ3n) is 5.79. The first-order valence-electron chi connectivity index (χ1n) is 11.3. The molecule has 3 aromatic rings. The fourth-order valence-electron chi connectivity index (χ4n) is 3.94. The summed E-state index contributed by atoms with van der Waals surface area (Å²) in [4.78, 5) is 32.7. The van der Waals surface area contributed by atoms with E-state index in [1.807, 2.05) is 66.4 Å². The zero-order valence-electron chi connectivity index (χ0n) is 18.8. The van der Waals surface area contributed by atoms with E-state index in [2.05, 4.69) is 15.7 Å². The van der Waals surface area contributed by atoms with E-state index in [0.717, 1.165) is 40.6 Å². The highest BCUT2D eigenvalue weighted by molar-refractivity contribution is 7.98. The molecule has 1 aliphatic heterocycles. The molecule has 0 unspecified atom stereocenters. The van der Waals surface area contributed by atoms with Crippen molar-refractivity contribution in [2.75, 3.05) is 13.1 Å². The van der Waals surface area contributed by atoms with E-state index < -0.39 is 0 Å². The van der Waals surface area contributed by atoms with Gasteiger partial charge >= 0.3 is 0 Å². The summed E-state index contributed by atoms with van der Waals surface area (Å²) in [6.45, 7) is 3.35. The zero-order valence-corrected chi connectivity index (χ0v) is 20.5. The van der Waals surface area contributed by atoms with E-state index in [0.29, 0.717) is 25.1 Å². The van der Waals surface area contributed by atoms with Crippen molar-refractivity contribution >= 4 is 34.9 Å². The van der Waals surface area contributed by atoms with Crippen LogP contribution in [0.3, 0.4) is 0 Å². The number of carbonyl (C=O) groups is 2. The lowest BCUT2D eigenvalue weighted by Gasteiger charge is -2.32. The van der Waals surface area contributed by atoms with E-state index in [-0.39, 0.29) is 17.9 Å². The molecule has 33 heavy (non-hydrogen) atoms. The highest BCUT2D eigenvalue weighted by Crippen LogP contribution is 2.24. The number of aryl methyl sites for hydroxylation is 2. The molecule has 2 heterocycles. The maximum absolute atomic E-state index is 12.9. The molecule has 0 atom stereocenters. The summed E-state index contributed by atoms with van der Waals surface area (Å²) in [5.74, 6) is 0.988. The quantitative estimate of drug-likeness (QED) is 0.457. The molecule has 0 spiro atoms. The van der Waals surface area contributed by atoms with Crippen LogP contribution in [0.5, 0.6) is 0 Å². The molecule has 1 N–H and O–H groups in total. The van der Waals surface area contributed by atoms with Crippen molar-refractivity contribution in [3.63, 3.8) is 0 Å². The van der Waals surface area contributed by atoms with Crippen molar-refractivity contribution in [3.8, 4) is 0 Å². The van der Waals surface area contributed by atoms with Gasteiger partial charge in [-0.2, -0.15) is 0 Å². The molecule has 172 valence electrons. The fraction of sp³-hybridized carbons (Fsp3) is 0.346. The third-order valence-corrected chi connectivity index (χ3v) is 7.65. The van der Waals surface area contributed by atoms with Gasteiger partial charge in [-0.05, 0) is 56.0 Å². The number of rotatable bonds is 8. The lowest BCUT2D eigenvalue weighted by Crippen LogP contribution is -2.46. The smallest absolute Gasteiger partial charge is 0.253 e. The van der Waals surface area contributed by atoms with Crippen LogP contribution < -0.4 is 5.32 Å². The topological polar surface area (TPSA) is 62.3 Å². The number of likely N-dealkylation sites (tertiary alicyclic amines) is 1. The number of piperidine rings is 1. The number of hydrogen-bond acceptors (Lipinski definition) is 5. The van der Waals surface area contributed by atoms with Gasteiger partial charge in [0.1, 0.15) is 0 Å². The minimum absolute atomic E-state index is 0.0653. The van der Waals surface area contributed by atoms with Gasteiger partial charge in [-0.25, -0.2) is 4.98 Å². The summed E-state index contributed by atoms with van der Waals surface area (Å²) in [5.41, 5.74) is 2.99. The van der Waals surface area contributed by atoms with Crippen LogP contribution in [-0.4, -0.2) is 40.8 Å². The number of nitrogens with zero attached hydrogens (tertiary/aromatic N) is 2. The van der Waals surface area contributed by atoms with Crippen LogP contribution in [0.15, 0.2) is 64.9 Å². The highest BCUT2D eigenvalue weighted by Gasteiger charge is 2.24. The molecule has 1 aliphatic rings. The second-order valence-corrected chi connectivity index (χ2v) is 10.4. The standard InChI is InChI=1S/C26H29N3O2S2/c1-19-27-23(17-32-19)18-33-24-10-8-21(9-11-24)26(31)29-15-13-22(14-16-29)28-25(30)12-7-20-5-3-2-4-6-20/h2-6,8-11,17,22H,7,12-16,18H2,1H3,(H,28,30). The second kappa shape index (κ2) is 11.5. The summed E-state index contributed by atoms with van der Waals surface area (Å²) in [7, 11) is 0. The Bertz CT molecular complexity index is 1060. The van der Waals surface area contributed by atoms with Crippen molar-refractivity contribution in [2.24, 2.45) is 0 Å². The van der Waals surface area contributed by atoms with Gasteiger partial charge < -0.3 is 10.2 Å². The van der Waals surface area contributed by atoms with Crippen LogP contribution in [0, 0.1) is 6.92 Å². The number of thiazole rings is 1. The Morgan fingerprint density at radius 1 is 1.09 bits per heavy atom. The second-order valence-electron chi connectivity index (χ2n) is 8.29. The lowest BCUT2D eigenvalue weighted by atomic mass is 10.0. The molecular weight excluding hydrogens is 450 g/mol. The first-order valence-corrected chi connectivity index (χ1v) is 13.2. The number of thioether (sulfide) groups is 1. The summed E-state index contributed by atoms with van der Waals surface area (Å²) in [5, 5.41) is 6.32. The Morgan fingerprint density at radius 3 is 2.48 bits per heavy atom. The number of aromatic nitrogens is 1. The van der Waals surface area contributed by atoms with Crippen LogP contribution >= 0.6 is 23.1 Å². The predicted molar refractivity (Wildman–Crippen MR) is 135 cm³/mol. The SMILES string of the molecule is Cc1nc(CSc2ccc(C(=O)N3CCC(NC(=O)CCc4ccccc4)CC3)cc2)cs1. The van der Waals surface area contributed by atoms with Gasteiger partial charge in [0.15, 0.2) is 0 Å². The molecule has 0 saturated carbocycles. The van der Waals surface area contributed by atoms with Gasteiger partial charge in [0.05, 0.1) is 10.7 Å². The number of benzene rings is 2. The Labute approximate surface area is 203 Å². The molecule has 0 radical (unpaired) electrons. The van der Waals surface area contributed by atoms with Crippen molar-refractivity contribution in [3.05, 3.63) is 81.8 Å². The molecule has 7 heteroatoms. The monoisotopic (exact) mass is 479 g/mol. The molecule has 1 saturated heterocycles. The molecule has 0 aliphatic carbocycles. The Hall–Kier alpha value is -2.64. The van der Waals surface area contributed by atoms with Crippen LogP contribution in [-0.2, 0) is 17.0 Å². The highest BCUT2D eigenvalue weighted by atomic mass is 32.2. The Balaban J connectivity index is 1.19. The molecular formula is C26H29N3O2S2. The van der Waals surface area contributed by atoms with Crippen molar-refractivity contribution in [2.45, 2.75) is 49.3 Å². The van der Waals surface area contributed by atoms with Gasteiger partial charge in [-0.3, -0.25) is 9.59 Å². The minimum Gasteiger partial charge on any atom is -0.353 e. The van der Waals surface area contributed by atoms with Crippen molar-refractivity contribution in [1.29, 1.82) is 0 Å². The largest absolute Gasteiger partial charge is 0.353 e. The minimum atomic E-state index is 0.0653. The summed E-state index contributed by atoms with van der Waals surface area (Å²) in [6.07, 6.45) is 2.84. The molecule has 5 nitrogen and oxygen atoms in total. The summed E-state index contributed by atoms with van der Waals surface area (Å²) < 4.78 is 0. The van der Waals surface area contributed by atoms with E-state index >= 15 is 0 Å². The van der Waals surface area contributed by atoms with Crippen LogP contribution in [0.4, 0.5) is 0 Å². The molecule has 1 fully saturated rings. The first-order chi connectivity index (χ1) is 16.1. The van der Waals surface area contributed by atoms with Gasteiger partial charge in [0.2, 0.25) is 5.91 Å². The summed E-state index contributed by atoms with van der Waals surface area (Å²) in [6, 6.07) is 18.1. The third kappa shape index (κ3) is 6.92. The Kier molecular flexibility index (Phi) is 8.18. The van der Waals surface area contributed by atoms with Gasteiger partial charge in [0, 0.05) is 47.1 Å². The van der Waals surface area contributed by atoms with Crippen molar-refractivity contribution in [1.82, 2.24) is 15.2 Å². The number of hydrogen-bond donors (Lipinski definition) is 1. The van der Waals surface area contributed by atoms with Crippen LogP contribution in [0.2, 0.25) is 0 Å². The molecule has 2 amide bonds. The van der Waals surface area contributed by atoms with E-state index in [1.165, 1.54) is 5.56 Å². The maximum Gasteiger partial charge on any atom is 0.253 e. The Morgan fingerprint density at radius 2 is 1.82 bits per heavy atom. The fourth-order valence-corrected chi connectivity index (χ4v) is 5.45. The lowest BCUT2D eigenvalue weighted by molar-refractivity contribution is -0.122. The van der Waals surface area contributed by atoms with Gasteiger partial charge in [-0.15, -0.1) is 23.1 Å². The number of nitrogens with one attached hydrogen (secondary N) is 1. The number of amides is 2. The summed E-state index contributed by atoms with van der Waals surface area (Å²) >= 11 is 3.40. The van der Waals surface area contributed by atoms with E-state index in [4.69, 9.17) is 0 Å². The zero-order chi connectivity index (χ0) is 23.0. The van der Waals surface area contributed by atoms with E-state index in [9.17, 15) is 9.59 Å². The van der Waals surface area contributed by atoms with E-state index in [1.54, 1.807) is 23.1 Å². The average Bonchev–Trinajstić information content (AvgIpc) is 3.27. The molecule has 4 rings (SSSR count). The van der Waals surface area contributed by atoms with Gasteiger partial charge in [0.25, 0.3) is 5.91 Å². The van der Waals surface area contributed by atoms with Gasteiger partial charge in [-0.1, -0.05) is 30.3 Å². The number of carbonyl (C=O) groups excluding carboxylic acids is 2. The molecule has 1 aromatic heterocycles. The van der Waals surface area contributed by atoms with Crippen molar-refractivity contribution < 1.29 is 9.59 Å². The normalized spacial score (nSPS) is 14.3. The maximum atomic E-state index is 12.9. The molecule has 0 bridgehead atoms.